The molecule has 0 aromatic rings. The number of ether oxygens (including phenoxy) is 2. The summed E-state index contributed by atoms with van der Waals surface area (Å²) in [6, 6.07) is 0. The number of hydrogen-bond acceptors (Lipinski definition) is 3. The molecule has 0 N–H and O–H groups in total. The fourth-order valence-corrected chi connectivity index (χ4v) is 3.57. The molecule has 27 heavy (non-hydrogen) atoms. The van der Waals surface area contributed by atoms with Crippen LogP contribution in [0.2, 0.25) is 0 Å². The lowest BCUT2D eigenvalue weighted by atomic mass is 10.0. The molecule has 0 radical (unpaired) electrons. The number of methoxy groups -OCH3 is 1. The Balaban J connectivity index is 3.00. The average molecular weight is 385 g/mol. The Morgan fingerprint density at radius 3 is 1.11 bits per heavy atom. The molecule has 0 aromatic carbocycles. The fraction of sp³-hybridized carbons (Fsp3) is 0.958. The Hall–Kier alpha value is -0.730. The maximum Gasteiger partial charge on any atom is 0.507 e. The van der Waals surface area contributed by atoms with Crippen molar-refractivity contribution in [2.24, 2.45) is 0 Å². The van der Waals surface area contributed by atoms with E-state index in [-0.39, 0.29) is 0 Å². The molecular weight excluding hydrogens is 336 g/mol. The highest BCUT2D eigenvalue weighted by molar-refractivity contribution is 5.59. The molecule has 0 saturated carbocycles. The van der Waals surface area contributed by atoms with Crippen LogP contribution in [0.15, 0.2) is 0 Å². The lowest BCUT2D eigenvalue weighted by Crippen LogP contribution is -2.05. The van der Waals surface area contributed by atoms with E-state index in [4.69, 9.17) is 4.74 Å². The minimum absolute atomic E-state index is 0.492. The molecule has 0 saturated heterocycles. The van der Waals surface area contributed by atoms with Crippen LogP contribution in [0, 0.1) is 0 Å². The summed E-state index contributed by atoms with van der Waals surface area (Å²) in [6.45, 7) is 2.78. The number of unbranched alkanes of at least 4 members (excludes halogenated alkanes) is 19. The molecule has 3 heteroatoms. The van der Waals surface area contributed by atoms with Gasteiger partial charge in [0.05, 0.1) is 13.7 Å². The van der Waals surface area contributed by atoms with Crippen molar-refractivity contribution in [3.8, 4) is 0 Å². The van der Waals surface area contributed by atoms with Crippen molar-refractivity contribution in [1.82, 2.24) is 0 Å². The fourth-order valence-electron chi connectivity index (χ4n) is 3.57. The predicted octanol–water partition coefficient (Wildman–Crippen LogP) is 8.59. The molecule has 0 unspecified atom stereocenters. The largest absolute Gasteiger partial charge is 0.507 e. The van der Waals surface area contributed by atoms with Crippen LogP contribution >= 0.6 is 0 Å². The Bertz CT molecular complexity index is 291. The van der Waals surface area contributed by atoms with Gasteiger partial charge in [0.25, 0.3) is 0 Å². The van der Waals surface area contributed by atoms with Gasteiger partial charge in [0, 0.05) is 0 Å². The van der Waals surface area contributed by atoms with Gasteiger partial charge in [-0.05, 0) is 6.42 Å². The molecule has 0 aliphatic heterocycles. The summed E-state index contributed by atoms with van der Waals surface area (Å²) in [5.41, 5.74) is 0. The van der Waals surface area contributed by atoms with Gasteiger partial charge in [-0.2, -0.15) is 0 Å². The Kier molecular flexibility index (Phi) is 22.7. The SMILES string of the molecule is CCCCCCCCCCCCCCCCCCCCCCOC(=O)OC. The van der Waals surface area contributed by atoms with Gasteiger partial charge in [-0.15, -0.1) is 0 Å². The Morgan fingerprint density at radius 2 is 0.815 bits per heavy atom. The predicted molar refractivity (Wildman–Crippen MR) is 116 cm³/mol. The molecule has 0 atom stereocenters. The third-order valence-corrected chi connectivity index (χ3v) is 5.38. The van der Waals surface area contributed by atoms with Crippen LogP contribution in [0.4, 0.5) is 4.79 Å². The van der Waals surface area contributed by atoms with Crippen molar-refractivity contribution >= 4 is 6.16 Å². The quantitative estimate of drug-likeness (QED) is 0.147. The molecule has 0 aliphatic rings. The first-order valence-corrected chi connectivity index (χ1v) is 12.0. The standard InChI is InChI=1S/C24H48O3/c1-3-4-5-6-7-8-9-10-11-12-13-14-15-16-17-18-19-20-21-22-23-27-24(25)26-2/h3-23H2,1-2H3. The Morgan fingerprint density at radius 1 is 0.519 bits per heavy atom. The summed E-state index contributed by atoms with van der Waals surface area (Å²) in [4.78, 5) is 10.8. The van der Waals surface area contributed by atoms with E-state index >= 15 is 0 Å². The van der Waals surface area contributed by atoms with E-state index < -0.39 is 6.16 Å². The summed E-state index contributed by atoms with van der Waals surface area (Å²) < 4.78 is 9.30. The molecule has 0 fully saturated rings. The molecule has 0 spiro atoms. The van der Waals surface area contributed by atoms with E-state index in [2.05, 4.69) is 11.7 Å². The van der Waals surface area contributed by atoms with Gasteiger partial charge in [-0.1, -0.05) is 129 Å². The second-order valence-electron chi connectivity index (χ2n) is 8.02. The summed E-state index contributed by atoms with van der Waals surface area (Å²) in [5, 5.41) is 0. The van der Waals surface area contributed by atoms with Gasteiger partial charge in [-0.3, -0.25) is 0 Å². The summed E-state index contributed by atoms with van der Waals surface area (Å²) >= 11 is 0. The molecule has 0 rings (SSSR count). The smallest absolute Gasteiger partial charge is 0.438 e. The highest BCUT2D eigenvalue weighted by Crippen LogP contribution is 2.14. The van der Waals surface area contributed by atoms with Crippen LogP contribution in [-0.2, 0) is 9.47 Å². The van der Waals surface area contributed by atoms with Gasteiger partial charge in [0.2, 0.25) is 0 Å². The van der Waals surface area contributed by atoms with Crippen LogP contribution < -0.4 is 0 Å². The molecule has 0 bridgehead atoms. The summed E-state index contributed by atoms with van der Waals surface area (Å²) in [5.74, 6) is 0. The van der Waals surface area contributed by atoms with Gasteiger partial charge in [0.1, 0.15) is 0 Å². The van der Waals surface area contributed by atoms with E-state index in [9.17, 15) is 4.79 Å². The maximum absolute atomic E-state index is 10.8. The monoisotopic (exact) mass is 384 g/mol. The van der Waals surface area contributed by atoms with Crippen LogP contribution in [0.25, 0.3) is 0 Å². The third kappa shape index (κ3) is 23.2. The lowest BCUT2D eigenvalue weighted by Gasteiger charge is -2.04. The maximum atomic E-state index is 10.8. The normalized spacial score (nSPS) is 10.9. The third-order valence-electron chi connectivity index (χ3n) is 5.38. The zero-order chi connectivity index (χ0) is 19.8. The van der Waals surface area contributed by atoms with E-state index in [1.165, 1.54) is 123 Å². The van der Waals surface area contributed by atoms with Crippen molar-refractivity contribution in [2.45, 2.75) is 135 Å². The molecule has 0 heterocycles. The van der Waals surface area contributed by atoms with Crippen molar-refractivity contribution in [3.63, 3.8) is 0 Å². The van der Waals surface area contributed by atoms with Crippen LogP contribution in [0.3, 0.4) is 0 Å². The van der Waals surface area contributed by atoms with Gasteiger partial charge in [-0.25, -0.2) is 4.79 Å². The zero-order valence-electron chi connectivity index (χ0n) is 18.6. The number of hydrogen-bond donors (Lipinski definition) is 0. The van der Waals surface area contributed by atoms with Crippen LogP contribution in [-0.4, -0.2) is 19.9 Å². The molecule has 162 valence electrons. The topological polar surface area (TPSA) is 35.5 Å². The van der Waals surface area contributed by atoms with E-state index in [1.807, 2.05) is 0 Å². The number of carbonyl (C=O) groups is 1. The van der Waals surface area contributed by atoms with Gasteiger partial charge in [0.15, 0.2) is 0 Å². The first-order chi connectivity index (χ1) is 13.3. The number of rotatable bonds is 21. The van der Waals surface area contributed by atoms with Crippen molar-refractivity contribution < 1.29 is 14.3 Å². The highest BCUT2D eigenvalue weighted by atomic mass is 16.7. The number of carbonyl (C=O) groups excluding carboxylic acids is 1. The van der Waals surface area contributed by atoms with Crippen LogP contribution in [0.5, 0.6) is 0 Å². The first kappa shape index (κ1) is 26.3. The van der Waals surface area contributed by atoms with Gasteiger partial charge >= 0.3 is 6.16 Å². The van der Waals surface area contributed by atoms with E-state index in [1.54, 1.807) is 0 Å². The minimum atomic E-state index is -0.562. The highest BCUT2D eigenvalue weighted by Gasteiger charge is 1.99. The van der Waals surface area contributed by atoms with Crippen LogP contribution in [0.1, 0.15) is 135 Å². The summed E-state index contributed by atoms with van der Waals surface area (Å²) in [6.07, 6.45) is 27.0. The van der Waals surface area contributed by atoms with E-state index in [0.29, 0.717) is 6.61 Å². The molecule has 0 aromatic heterocycles. The lowest BCUT2D eigenvalue weighted by molar-refractivity contribution is 0.0713. The second kappa shape index (κ2) is 23.3. The zero-order valence-corrected chi connectivity index (χ0v) is 18.6. The molecule has 0 aliphatic carbocycles. The van der Waals surface area contributed by atoms with E-state index in [0.717, 1.165) is 12.8 Å². The van der Waals surface area contributed by atoms with Crippen molar-refractivity contribution in [1.29, 1.82) is 0 Å². The molecule has 0 amide bonds. The first-order valence-electron chi connectivity index (χ1n) is 12.0. The van der Waals surface area contributed by atoms with Crippen molar-refractivity contribution in [2.75, 3.05) is 13.7 Å². The minimum Gasteiger partial charge on any atom is -0.438 e. The molecule has 3 nitrogen and oxygen atoms in total. The van der Waals surface area contributed by atoms with Gasteiger partial charge < -0.3 is 9.47 Å². The van der Waals surface area contributed by atoms with Crippen molar-refractivity contribution in [3.05, 3.63) is 0 Å². The molecular formula is C24H48O3. The average Bonchev–Trinajstić information content (AvgIpc) is 2.68. The second-order valence-corrected chi connectivity index (χ2v) is 8.02. The summed E-state index contributed by atoms with van der Waals surface area (Å²) in [7, 11) is 1.35. The Labute approximate surface area is 170 Å².